The van der Waals surface area contributed by atoms with E-state index in [1.165, 1.54) is 7.11 Å². The van der Waals surface area contributed by atoms with Crippen molar-refractivity contribution >= 4 is 18.2 Å². The highest BCUT2D eigenvalue weighted by molar-refractivity contribution is 5.70. The van der Waals surface area contributed by atoms with Crippen LogP contribution in [0.2, 0.25) is 0 Å². The Morgan fingerprint density at radius 3 is 2.33 bits per heavy atom. The maximum absolute atomic E-state index is 12.9. The van der Waals surface area contributed by atoms with Gasteiger partial charge in [-0.05, 0) is 66.0 Å². The van der Waals surface area contributed by atoms with Gasteiger partial charge in [-0.2, -0.15) is 0 Å². The number of hydrogen-bond donors (Lipinski definition) is 4. The van der Waals surface area contributed by atoms with Crippen LogP contribution >= 0.6 is 0 Å². The van der Waals surface area contributed by atoms with Crippen LogP contribution in [-0.2, 0) is 47.5 Å². The number of nitrogens with zero attached hydrogens (tertiary/aromatic N) is 1. The Balaban J connectivity index is 1.90. The fourth-order valence-corrected chi connectivity index (χ4v) is 7.78. The fourth-order valence-electron chi connectivity index (χ4n) is 7.78. The highest BCUT2D eigenvalue weighted by Gasteiger charge is 2.52. The van der Waals surface area contributed by atoms with Gasteiger partial charge >= 0.3 is 11.9 Å². The fraction of sp³-hybridized carbons (Fsp3) is 0.825. The molecule has 3 aliphatic heterocycles. The van der Waals surface area contributed by atoms with Crippen molar-refractivity contribution in [3.63, 3.8) is 0 Å². The van der Waals surface area contributed by atoms with Gasteiger partial charge in [0.25, 0.3) is 0 Å². The predicted octanol–water partition coefficient (Wildman–Crippen LogP) is 2.44. The summed E-state index contributed by atoms with van der Waals surface area (Å²) in [5, 5.41) is 45.8. The normalized spacial score (nSPS) is 42.4. The van der Waals surface area contributed by atoms with Crippen molar-refractivity contribution in [3.8, 4) is 0 Å². The summed E-state index contributed by atoms with van der Waals surface area (Å²) in [6.07, 6.45) is -3.92. The lowest BCUT2D eigenvalue weighted by Crippen LogP contribution is -2.66. The first-order chi connectivity index (χ1) is 25.8. The standard InChI is InChI=1S/C40H67NO14/c1-22(2)18-30(45)53-38-26(6)51-32(21-40(38,7)48)54-35-25(5)52-39(34(47)33(35)41(8)9)55-36-27(16-17-42)19-23(3)28(43)15-13-11-12-14-24(4)50-31(46)20-29(44)37(36)49-10/h11-13,15,17,22-29,32-39,43-44,47-48H,14,16,18-21H2,1-10H3/b12-11+,15-13+/t23-,24-,25-,26+,27+,28-,29-,32-,33-,34+,35+,36-,37+,38-,39+,40+/m1/s1. The van der Waals surface area contributed by atoms with E-state index in [1.807, 2.05) is 26.8 Å². The second-order valence-corrected chi connectivity index (χ2v) is 16.4. The van der Waals surface area contributed by atoms with Crippen molar-refractivity contribution < 1.29 is 68.0 Å². The molecule has 0 saturated carbocycles. The molecular formula is C40H67NO14. The molecule has 0 aromatic heterocycles. The average Bonchev–Trinajstić information content (AvgIpc) is 3.06. The lowest BCUT2D eigenvalue weighted by Gasteiger charge is -2.50. The van der Waals surface area contributed by atoms with E-state index in [4.69, 9.17) is 33.2 Å². The summed E-state index contributed by atoms with van der Waals surface area (Å²) in [7, 11) is 4.86. The minimum Gasteiger partial charge on any atom is -0.462 e. The maximum Gasteiger partial charge on any atom is 0.308 e. The SMILES string of the molecule is CO[C@@H]1[C@H](O[C@@H]2O[C@H](C)[C@H](O[C@@H]3C[C@](C)(O)[C@H](OC(=O)CC(C)C)[C@H](C)O3)[C@H](N(C)C)[C@@H]2O)[C@@H](CC=O)C[C@@H](C)[C@H](O)/C=C/C=C/C[C@@H](C)OC(=O)C[C@H]1O. The Morgan fingerprint density at radius 1 is 1.04 bits per heavy atom. The van der Waals surface area contributed by atoms with Gasteiger partial charge in [-0.3, -0.25) is 9.59 Å². The molecule has 0 aromatic carbocycles. The smallest absolute Gasteiger partial charge is 0.308 e. The highest BCUT2D eigenvalue weighted by Crippen LogP contribution is 2.37. The number of carbonyl (C=O) groups excluding carboxylic acids is 3. The summed E-state index contributed by atoms with van der Waals surface area (Å²) in [5.41, 5.74) is -1.49. The zero-order valence-corrected chi connectivity index (χ0v) is 34.2. The number of hydrogen-bond acceptors (Lipinski definition) is 15. The van der Waals surface area contributed by atoms with Crippen molar-refractivity contribution in [3.05, 3.63) is 24.3 Å². The number of esters is 2. The molecule has 0 unspecified atom stereocenters. The zero-order chi connectivity index (χ0) is 41.2. The third-order valence-corrected chi connectivity index (χ3v) is 10.6. The van der Waals surface area contributed by atoms with Crippen molar-refractivity contribution in [1.82, 2.24) is 4.90 Å². The maximum atomic E-state index is 12.9. The van der Waals surface area contributed by atoms with Gasteiger partial charge < -0.3 is 63.3 Å². The second kappa shape index (κ2) is 21.4. The van der Waals surface area contributed by atoms with E-state index >= 15 is 0 Å². The monoisotopic (exact) mass is 785 g/mol. The Morgan fingerprint density at radius 2 is 1.73 bits per heavy atom. The molecule has 55 heavy (non-hydrogen) atoms. The number of aliphatic hydroxyl groups is 4. The number of likely N-dealkylation sites (N-methyl/N-ethyl adjacent to an activating group) is 1. The van der Waals surface area contributed by atoms with Crippen LogP contribution in [0, 0.1) is 17.8 Å². The number of cyclic esters (lactones) is 1. The van der Waals surface area contributed by atoms with Crippen molar-refractivity contribution in [2.24, 2.45) is 17.8 Å². The Hall–Kier alpha value is -2.31. The van der Waals surface area contributed by atoms with Gasteiger partial charge in [0.05, 0.1) is 43.0 Å². The van der Waals surface area contributed by atoms with Crippen molar-refractivity contribution in [2.75, 3.05) is 21.2 Å². The molecule has 16 atom stereocenters. The number of aldehydes is 1. The number of rotatable bonds is 11. The average molecular weight is 786 g/mol. The second-order valence-electron chi connectivity index (χ2n) is 16.4. The van der Waals surface area contributed by atoms with Crippen LogP contribution in [0.25, 0.3) is 0 Å². The molecule has 4 N–H and O–H groups in total. The molecule has 0 amide bonds. The molecular weight excluding hydrogens is 718 g/mol. The van der Waals surface area contributed by atoms with Gasteiger partial charge in [0, 0.05) is 32.8 Å². The van der Waals surface area contributed by atoms with Crippen LogP contribution in [0.15, 0.2) is 24.3 Å². The molecule has 15 nitrogen and oxygen atoms in total. The van der Waals surface area contributed by atoms with Gasteiger partial charge in [0.15, 0.2) is 18.7 Å². The zero-order valence-electron chi connectivity index (χ0n) is 34.2. The number of carbonyl (C=O) groups is 3. The number of allylic oxidation sites excluding steroid dienone is 2. The molecule has 3 heterocycles. The van der Waals surface area contributed by atoms with E-state index in [2.05, 4.69) is 0 Å². The van der Waals surface area contributed by atoms with Crippen LogP contribution < -0.4 is 0 Å². The summed E-state index contributed by atoms with van der Waals surface area (Å²) in [6.45, 7) is 12.4. The Bertz CT molecular complexity index is 1270. The molecule has 2 saturated heterocycles. The minimum atomic E-state index is -1.49. The van der Waals surface area contributed by atoms with Crippen LogP contribution in [0.3, 0.4) is 0 Å². The highest BCUT2D eigenvalue weighted by atomic mass is 16.7. The third kappa shape index (κ3) is 13.4. The number of methoxy groups -OCH3 is 1. The largest absolute Gasteiger partial charge is 0.462 e. The first-order valence-corrected chi connectivity index (χ1v) is 19.5. The molecule has 0 bridgehead atoms. The third-order valence-electron chi connectivity index (χ3n) is 10.6. The summed E-state index contributed by atoms with van der Waals surface area (Å²) >= 11 is 0. The van der Waals surface area contributed by atoms with E-state index in [1.54, 1.807) is 64.9 Å². The number of aliphatic hydroxyl groups excluding tert-OH is 3. The summed E-state index contributed by atoms with van der Waals surface area (Å²) in [6, 6.07) is -0.753. The van der Waals surface area contributed by atoms with Crippen LogP contribution in [0.5, 0.6) is 0 Å². The molecule has 0 aliphatic carbocycles. The summed E-state index contributed by atoms with van der Waals surface area (Å²) < 4.78 is 42.4. The molecule has 316 valence electrons. The quantitative estimate of drug-likeness (QED) is 0.176. The van der Waals surface area contributed by atoms with Crippen LogP contribution in [0.1, 0.15) is 87.0 Å². The molecule has 0 spiro atoms. The van der Waals surface area contributed by atoms with Gasteiger partial charge in [-0.15, -0.1) is 0 Å². The van der Waals surface area contributed by atoms with Crippen molar-refractivity contribution in [2.45, 2.75) is 172 Å². The van der Waals surface area contributed by atoms with E-state index in [-0.39, 0.29) is 37.5 Å². The molecule has 0 radical (unpaired) electrons. The van der Waals surface area contributed by atoms with Crippen LogP contribution in [0.4, 0.5) is 0 Å². The first kappa shape index (κ1) is 47.1. The lowest BCUT2D eigenvalue weighted by atomic mass is 9.82. The Kier molecular flexibility index (Phi) is 18.4. The lowest BCUT2D eigenvalue weighted by molar-refractivity contribution is -0.344. The summed E-state index contributed by atoms with van der Waals surface area (Å²) in [5.74, 6) is -2.03. The molecule has 2 fully saturated rings. The van der Waals surface area contributed by atoms with Gasteiger partial charge in [0.2, 0.25) is 0 Å². The minimum absolute atomic E-state index is 0.0318. The Labute approximate surface area is 326 Å². The topological polar surface area (TPSA) is 200 Å². The molecule has 3 aliphatic rings. The van der Waals surface area contributed by atoms with Gasteiger partial charge in [-0.25, -0.2) is 0 Å². The van der Waals surface area contributed by atoms with E-state index in [0.717, 1.165) is 6.29 Å². The van der Waals surface area contributed by atoms with E-state index in [0.29, 0.717) is 6.42 Å². The van der Waals surface area contributed by atoms with E-state index < -0.39 is 110 Å². The van der Waals surface area contributed by atoms with Gasteiger partial charge in [0.1, 0.15) is 36.3 Å². The molecule has 3 rings (SSSR count). The van der Waals surface area contributed by atoms with Gasteiger partial charge in [-0.1, -0.05) is 45.1 Å². The number of ether oxygens (including phenoxy) is 7. The summed E-state index contributed by atoms with van der Waals surface area (Å²) in [4.78, 5) is 39.3. The predicted molar refractivity (Wildman–Crippen MR) is 200 cm³/mol. The molecule has 0 aromatic rings. The molecule has 15 heteroatoms. The van der Waals surface area contributed by atoms with Crippen molar-refractivity contribution in [1.29, 1.82) is 0 Å². The van der Waals surface area contributed by atoms with E-state index in [9.17, 15) is 34.8 Å². The van der Waals surface area contributed by atoms with Crippen LogP contribution in [-0.4, -0.2) is 150 Å². The first-order valence-electron chi connectivity index (χ1n) is 19.5.